The summed E-state index contributed by atoms with van der Waals surface area (Å²) < 4.78 is 42.5. The van der Waals surface area contributed by atoms with Crippen molar-refractivity contribution in [3.05, 3.63) is 30.0 Å². The van der Waals surface area contributed by atoms with Gasteiger partial charge in [0.15, 0.2) is 11.5 Å². The van der Waals surface area contributed by atoms with E-state index in [1.54, 1.807) is 24.4 Å². The zero-order valence-corrected chi connectivity index (χ0v) is 19.1. The van der Waals surface area contributed by atoms with Crippen molar-refractivity contribution in [2.45, 2.75) is 60.3 Å². The van der Waals surface area contributed by atoms with Crippen molar-refractivity contribution >= 4 is 11.7 Å². The van der Waals surface area contributed by atoms with E-state index < -0.39 is 6.61 Å². The van der Waals surface area contributed by atoms with Gasteiger partial charge in [-0.25, -0.2) is 4.98 Å². The summed E-state index contributed by atoms with van der Waals surface area (Å²) in [7, 11) is 0. The molecule has 0 spiro atoms. The average molecular weight is 452 g/mol. The number of halogens is 2. The van der Waals surface area contributed by atoms with Gasteiger partial charge in [-0.1, -0.05) is 20.8 Å². The Balaban J connectivity index is 0.00000176. The largest absolute Gasteiger partial charge is 0.489 e. The van der Waals surface area contributed by atoms with Gasteiger partial charge in [0, 0.05) is 30.3 Å². The summed E-state index contributed by atoms with van der Waals surface area (Å²) in [5.41, 5.74) is 7.84. The van der Waals surface area contributed by atoms with Gasteiger partial charge in [-0.2, -0.15) is 8.78 Å². The number of hydrogen-bond acceptors (Lipinski definition) is 6. The number of aromatic nitrogens is 1. The minimum absolute atomic E-state index is 0.00942. The lowest BCUT2D eigenvalue weighted by molar-refractivity contribution is -0.114. The molecular weight excluding hydrogens is 420 g/mol. The van der Waals surface area contributed by atoms with E-state index in [0.717, 1.165) is 12.0 Å². The Hall–Kier alpha value is -2.94. The number of carbonyl (C=O) groups is 1. The second kappa shape index (κ2) is 11.6. The summed E-state index contributed by atoms with van der Waals surface area (Å²) in [6.07, 6.45) is 2.32. The third-order valence-electron chi connectivity index (χ3n) is 4.53. The van der Waals surface area contributed by atoms with E-state index in [2.05, 4.69) is 10.3 Å². The molecule has 0 saturated carbocycles. The molecule has 0 aliphatic carbocycles. The number of anilines is 1. The van der Waals surface area contributed by atoms with Gasteiger partial charge < -0.3 is 25.3 Å². The minimum Gasteiger partial charge on any atom is -0.489 e. The SMILES string of the molecule is CC.CC(=O)Nc1cc2c(cn1)COc1c-2ccc(OCC(C)CC(C)N)c1OC(F)F. The number of amides is 1. The first kappa shape index (κ1) is 25.3. The monoisotopic (exact) mass is 451 g/mol. The molecule has 0 bridgehead atoms. The second-order valence-electron chi connectivity index (χ2n) is 7.47. The highest BCUT2D eigenvalue weighted by Crippen LogP contribution is 2.49. The summed E-state index contributed by atoms with van der Waals surface area (Å²) in [5.74, 6) is 0.411. The third kappa shape index (κ3) is 6.53. The number of fused-ring (bicyclic) bond motifs is 3. The molecule has 0 fully saturated rings. The first-order chi connectivity index (χ1) is 15.2. The maximum Gasteiger partial charge on any atom is 0.387 e. The predicted octanol–water partition coefficient (Wildman–Crippen LogP) is 4.98. The standard InChI is InChI=1S/C21H25F2N3O4.C2H6/c1-11(6-12(2)24)9-28-17-5-4-15-16-7-18(26-13(3)27)25-8-14(16)10-29-19(15)20(17)30-21(22)23;1-2/h4-5,7-8,11-12,21H,6,9-10,24H2,1-3H3,(H,25,26,27);1-2H3. The van der Waals surface area contributed by atoms with E-state index in [1.807, 2.05) is 27.7 Å². The van der Waals surface area contributed by atoms with Gasteiger partial charge in [0.25, 0.3) is 0 Å². The Labute approximate surface area is 187 Å². The Morgan fingerprint density at radius 1 is 1.28 bits per heavy atom. The molecule has 1 aliphatic rings. The molecule has 0 radical (unpaired) electrons. The van der Waals surface area contributed by atoms with Crippen molar-refractivity contribution < 1.29 is 27.8 Å². The molecule has 1 aromatic carbocycles. The number of hydrogen-bond donors (Lipinski definition) is 2. The number of nitrogens with zero attached hydrogens (tertiary/aromatic N) is 1. The van der Waals surface area contributed by atoms with Crippen LogP contribution in [0.15, 0.2) is 24.4 Å². The van der Waals surface area contributed by atoms with Gasteiger partial charge in [0.1, 0.15) is 12.4 Å². The van der Waals surface area contributed by atoms with E-state index in [-0.39, 0.29) is 41.7 Å². The highest BCUT2D eigenvalue weighted by atomic mass is 19.3. The number of alkyl halides is 2. The topological polar surface area (TPSA) is 95.7 Å². The molecule has 0 saturated heterocycles. The van der Waals surface area contributed by atoms with Crippen LogP contribution in [0.5, 0.6) is 17.2 Å². The molecule has 2 unspecified atom stereocenters. The van der Waals surface area contributed by atoms with Gasteiger partial charge >= 0.3 is 6.61 Å². The van der Waals surface area contributed by atoms with Crippen LogP contribution in [-0.4, -0.2) is 30.2 Å². The highest BCUT2D eigenvalue weighted by molar-refractivity contribution is 5.89. The minimum atomic E-state index is -3.04. The van der Waals surface area contributed by atoms with Crippen LogP contribution >= 0.6 is 0 Å². The van der Waals surface area contributed by atoms with Gasteiger partial charge in [-0.3, -0.25) is 4.79 Å². The summed E-state index contributed by atoms with van der Waals surface area (Å²) in [6, 6.07) is 4.98. The number of pyridine rings is 1. The lowest BCUT2D eigenvalue weighted by atomic mass is 9.97. The zero-order chi connectivity index (χ0) is 23.8. The molecule has 2 aromatic rings. The van der Waals surface area contributed by atoms with Crippen LogP contribution in [0.4, 0.5) is 14.6 Å². The van der Waals surface area contributed by atoms with Crippen molar-refractivity contribution in [1.82, 2.24) is 4.98 Å². The van der Waals surface area contributed by atoms with Crippen molar-refractivity contribution in [2.24, 2.45) is 11.7 Å². The fraction of sp³-hybridized carbons (Fsp3) is 0.478. The first-order valence-corrected chi connectivity index (χ1v) is 10.6. The first-order valence-electron chi connectivity index (χ1n) is 10.6. The average Bonchev–Trinajstić information content (AvgIpc) is 2.73. The van der Waals surface area contributed by atoms with Crippen LogP contribution in [0.25, 0.3) is 11.1 Å². The van der Waals surface area contributed by atoms with Gasteiger partial charge in [-0.15, -0.1) is 0 Å². The number of nitrogens with one attached hydrogen (secondary N) is 1. The van der Waals surface area contributed by atoms with Crippen LogP contribution in [0.3, 0.4) is 0 Å². The molecule has 1 aliphatic heterocycles. The molecule has 32 heavy (non-hydrogen) atoms. The normalized spacial score (nSPS) is 13.5. The van der Waals surface area contributed by atoms with Crippen molar-refractivity contribution in [2.75, 3.05) is 11.9 Å². The summed E-state index contributed by atoms with van der Waals surface area (Å²) >= 11 is 0. The number of nitrogens with two attached hydrogens (primary N) is 1. The summed E-state index contributed by atoms with van der Waals surface area (Å²) in [4.78, 5) is 15.5. The van der Waals surface area contributed by atoms with Gasteiger partial charge in [0.2, 0.25) is 11.7 Å². The van der Waals surface area contributed by atoms with Crippen LogP contribution in [0.2, 0.25) is 0 Å². The number of benzene rings is 1. The van der Waals surface area contributed by atoms with Crippen LogP contribution in [0.1, 0.15) is 46.6 Å². The van der Waals surface area contributed by atoms with E-state index in [4.69, 9.17) is 19.9 Å². The van der Waals surface area contributed by atoms with Gasteiger partial charge in [0.05, 0.1) is 6.61 Å². The Morgan fingerprint density at radius 3 is 2.62 bits per heavy atom. The third-order valence-corrected chi connectivity index (χ3v) is 4.53. The molecule has 2 atom stereocenters. The molecule has 3 N–H and O–H groups in total. The smallest absolute Gasteiger partial charge is 0.387 e. The van der Waals surface area contributed by atoms with E-state index >= 15 is 0 Å². The predicted molar refractivity (Wildman–Crippen MR) is 119 cm³/mol. The molecule has 2 heterocycles. The fourth-order valence-corrected chi connectivity index (χ4v) is 3.40. The number of ether oxygens (including phenoxy) is 3. The molecule has 3 rings (SSSR count). The second-order valence-corrected chi connectivity index (χ2v) is 7.47. The maximum atomic E-state index is 13.1. The quantitative estimate of drug-likeness (QED) is 0.588. The zero-order valence-electron chi connectivity index (χ0n) is 19.1. The Kier molecular flexibility index (Phi) is 9.19. The van der Waals surface area contributed by atoms with Crippen molar-refractivity contribution in [1.29, 1.82) is 0 Å². The maximum absolute atomic E-state index is 13.1. The fourth-order valence-electron chi connectivity index (χ4n) is 3.40. The van der Waals surface area contributed by atoms with Crippen LogP contribution < -0.4 is 25.3 Å². The summed E-state index contributed by atoms with van der Waals surface area (Å²) in [6.45, 7) is 6.63. The molecule has 1 aromatic heterocycles. The Morgan fingerprint density at radius 2 is 2.00 bits per heavy atom. The van der Waals surface area contributed by atoms with Crippen LogP contribution in [0, 0.1) is 5.92 Å². The lowest BCUT2D eigenvalue weighted by Crippen LogP contribution is -2.22. The molecule has 176 valence electrons. The van der Waals surface area contributed by atoms with E-state index in [9.17, 15) is 13.6 Å². The van der Waals surface area contributed by atoms with Gasteiger partial charge in [-0.05, 0) is 43.0 Å². The van der Waals surface area contributed by atoms with Crippen LogP contribution in [-0.2, 0) is 11.4 Å². The Bertz CT molecular complexity index is 922. The highest BCUT2D eigenvalue weighted by Gasteiger charge is 2.27. The molecule has 1 amide bonds. The molecular formula is C23H31F2N3O4. The van der Waals surface area contributed by atoms with Crippen molar-refractivity contribution in [3.8, 4) is 28.4 Å². The lowest BCUT2D eigenvalue weighted by Gasteiger charge is -2.25. The summed E-state index contributed by atoms with van der Waals surface area (Å²) in [5, 5.41) is 2.62. The van der Waals surface area contributed by atoms with E-state index in [0.29, 0.717) is 23.6 Å². The van der Waals surface area contributed by atoms with E-state index in [1.165, 1.54) is 6.92 Å². The number of rotatable bonds is 8. The molecule has 9 heteroatoms. The van der Waals surface area contributed by atoms with Crippen molar-refractivity contribution in [3.63, 3.8) is 0 Å². The number of carbonyl (C=O) groups excluding carboxylic acids is 1. The molecule has 7 nitrogen and oxygen atoms in total.